The molecule has 134 valence electrons. The van der Waals surface area contributed by atoms with Gasteiger partial charge in [-0.15, -0.1) is 0 Å². The molecule has 0 unspecified atom stereocenters. The highest BCUT2D eigenvalue weighted by molar-refractivity contribution is 7.93. The first-order valence-corrected chi connectivity index (χ1v) is 10.2. The summed E-state index contributed by atoms with van der Waals surface area (Å²) in [7, 11) is -3.28. The van der Waals surface area contributed by atoms with E-state index in [1.165, 1.54) is 22.9 Å². The topological polar surface area (TPSA) is 86.7 Å². The van der Waals surface area contributed by atoms with Gasteiger partial charge in [0.25, 0.3) is 0 Å². The second kappa shape index (κ2) is 8.37. The molecule has 1 heterocycles. The molecule has 7 heteroatoms. The number of nitrogens with zero attached hydrogens (tertiary/aromatic N) is 1. The summed E-state index contributed by atoms with van der Waals surface area (Å²) in [6.45, 7) is 2.57. The lowest BCUT2D eigenvalue weighted by Gasteiger charge is -2.18. The molecule has 0 spiro atoms. The van der Waals surface area contributed by atoms with Crippen molar-refractivity contribution in [3.05, 3.63) is 18.2 Å². The molecular formula is C17H26N2O4S. The standard InChI is InChI=1S/C17H26N2O4S/c1-2-3-4-5-6-8-17(21)18-15-13-14(9-10-16(15)20)19-11-7-12-24(19,22)23/h9-10,13,20H,2-8,11-12H2,1H3,(H,18,21). The Hall–Kier alpha value is -1.76. The van der Waals surface area contributed by atoms with E-state index in [1.54, 1.807) is 6.07 Å². The normalized spacial score (nSPS) is 16.3. The molecule has 0 atom stereocenters. The van der Waals surface area contributed by atoms with Crippen LogP contribution in [-0.2, 0) is 14.8 Å². The summed E-state index contributed by atoms with van der Waals surface area (Å²) < 4.78 is 25.3. The number of aromatic hydroxyl groups is 1. The third-order valence-electron chi connectivity index (χ3n) is 4.15. The third kappa shape index (κ3) is 4.87. The van der Waals surface area contributed by atoms with Crippen LogP contribution in [0.15, 0.2) is 18.2 Å². The molecule has 1 aromatic carbocycles. The number of carbonyl (C=O) groups is 1. The van der Waals surface area contributed by atoms with Gasteiger partial charge in [0.15, 0.2) is 0 Å². The highest BCUT2D eigenvalue weighted by Crippen LogP contribution is 2.32. The molecule has 6 nitrogen and oxygen atoms in total. The number of carbonyl (C=O) groups excluding carboxylic acids is 1. The molecular weight excluding hydrogens is 328 g/mol. The van der Waals surface area contributed by atoms with Crippen molar-refractivity contribution in [3.8, 4) is 5.75 Å². The van der Waals surface area contributed by atoms with Crippen LogP contribution < -0.4 is 9.62 Å². The van der Waals surface area contributed by atoms with E-state index in [0.717, 1.165) is 25.7 Å². The van der Waals surface area contributed by atoms with E-state index in [2.05, 4.69) is 12.2 Å². The average Bonchev–Trinajstić information content (AvgIpc) is 2.89. The Morgan fingerprint density at radius 2 is 2.00 bits per heavy atom. The molecule has 0 bridgehead atoms. The van der Waals surface area contributed by atoms with E-state index < -0.39 is 10.0 Å². The van der Waals surface area contributed by atoms with Crippen molar-refractivity contribution in [2.75, 3.05) is 21.9 Å². The Morgan fingerprint density at radius 3 is 2.67 bits per heavy atom. The Bertz CT molecular complexity index is 673. The quantitative estimate of drug-likeness (QED) is 0.554. The van der Waals surface area contributed by atoms with Crippen molar-refractivity contribution in [1.82, 2.24) is 0 Å². The number of hydrogen-bond acceptors (Lipinski definition) is 4. The van der Waals surface area contributed by atoms with Gasteiger partial charge in [-0.1, -0.05) is 32.6 Å². The summed E-state index contributed by atoms with van der Waals surface area (Å²) in [6.07, 6.45) is 6.27. The van der Waals surface area contributed by atoms with Crippen LogP contribution in [-0.4, -0.2) is 31.7 Å². The zero-order valence-corrected chi connectivity index (χ0v) is 14.9. The van der Waals surface area contributed by atoms with Gasteiger partial charge in [0, 0.05) is 13.0 Å². The maximum atomic E-state index is 12.0. The van der Waals surface area contributed by atoms with Crippen LogP contribution in [0.25, 0.3) is 0 Å². The van der Waals surface area contributed by atoms with Gasteiger partial charge in [0.05, 0.1) is 17.1 Å². The van der Waals surface area contributed by atoms with E-state index in [0.29, 0.717) is 25.1 Å². The van der Waals surface area contributed by atoms with E-state index in [9.17, 15) is 18.3 Å². The lowest BCUT2D eigenvalue weighted by Crippen LogP contribution is -2.25. The Balaban J connectivity index is 1.97. The zero-order chi connectivity index (χ0) is 17.6. The van der Waals surface area contributed by atoms with E-state index in [1.807, 2.05) is 0 Å². The summed E-state index contributed by atoms with van der Waals surface area (Å²) in [5.74, 6) is -0.0919. The fourth-order valence-corrected chi connectivity index (χ4v) is 4.37. The lowest BCUT2D eigenvalue weighted by molar-refractivity contribution is -0.116. The van der Waals surface area contributed by atoms with Gasteiger partial charge in [0.2, 0.25) is 15.9 Å². The summed E-state index contributed by atoms with van der Waals surface area (Å²) in [4.78, 5) is 12.0. The summed E-state index contributed by atoms with van der Waals surface area (Å²) in [5.41, 5.74) is 0.733. The van der Waals surface area contributed by atoms with Crippen LogP contribution >= 0.6 is 0 Å². The van der Waals surface area contributed by atoms with Crippen molar-refractivity contribution in [2.45, 2.75) is 51.9 Å². The fourth-order valence-electron chi connectivity index (χ4n) is 2.81. The number of nitrogens with one attached hydrogen (secondary N) is 1. The number of amides is 1. The molecule has 2 N–H and O–H groups in total. The minimum atomic E-state index is -3.28. The zero-order valence-electron chi connectivity index (χ0n) is 14.1. The SMILES string of the molecule is CCCCCCCC(=O)Nc1cc(N2CCCS2(=O)=O)ccc1O. The number of anilines is 2. The van der Waals surface area contributed by atoms with Crippen LogP contribution in [0.3, 0.4) is 0 Å². The van der Waals surface area contributed by atoms with Crippen LogP contribution in [0.5, 0.6) is 5.75 Å². The van der Waals surface area contributed by atoms with E-state index >= 15 is 0 Å². The maximum absolute atomic E-state index is 12.0. The summed E-state index contributed by atoms with van der Waals surface area (Å²) in [6, 6.07) is 4.49. The van der Waals surface area contributed by atoms with Crippen LogP contribution in [0.2, 0.25) is 0 Å². The Kier molecular flexibility index (Phi) is 6.48. The molecule has 0 saturated carbocycles. The molecule has 1 aromatic rings. The number of hydrogen-bond donors (Lipinski definition) is 2. The van der Waals surface area contributed by atoms with Gasteiger partial charge >= 0.3 is 0 Å². The predicted molar refractivity (Wildman–Crippen MR) is 95.9 cm³/mol. The number of benzene rings is 1. The van der Waals surface area contributed by atoms with Gasteiger partial charge in [-0.25, -0.2) is 8.42 Å². The summed E-state index contributed by atoms with van der Waals surface area (Å²) in [5, 5.41) is 12.6. The first-order chi connectivity index (χ1) is 11.4. The second-order valence-electron chi connectivity index (χ2n) is 6.16. The number of sulfonamides is 1. The van der Waals surface area contributed by atoms with Gasteiger partial charge in [-0.3, -0.25) is 9.10 Å². The lowest BCUT2D eigenvalue weighted by atomic mass is 10.1. The van der Waals surface area contributed by atoms with Gasteiger partial charge < -0.3 is 10.4 Å². The molecule has 0 aliphatic carbocycles. The third-order valence-corrected chi connectivity index (χ3v) is 6.02. The molecule has 1 saturated heterocycles. The van der Waals surface area contributed by atoms with E-state index in [4.69, 9.17) is 0 Å². The first kappa shape index (κ1) is 18.6. The van der Waals surface area contributed by atoms with Crippen LogP contribution in [0.1, 0.15) is 51.9 Å². The monoisotopic (exact) mass is 354 g/mol. The van der Waals surface area contributed by atoms with Crippen LogP contribution in [0.4, 0.5) is 11.4 Å². The summed E-state index contributed by atoms with van der Waals surface area (Å²) >= 11 is 0. The Morgan fingerprint density at radius 1 is 1.25 bits per heavy atom. The molecule has 24 heavy (non-hydrogen) atoms. The second-order valence-corrected chi connectivity index (χ2v) is 8.17. The Labute approximate surface area is 143 Å². The highest BCUT2D eigenvalue weighted by atomic mass is 32.2. The van der Waals surface area contributed by atoms with Gasteiger partial charge in [0.1, 0.15) is 5.75 Å². The molecule has 1 aliphatic rings. The van der Waals surface area contributed by atoms with Crippen molar-refractivity contribution < 1.29 is 18.3 Å². The highest BCUT2D eigenvalue weighted by Gasteiger charge is 2.28. The average molecular weight is 354 g/mol. The number of rotatable bonds is 8. The van der Waals surface area contributed by atoms with Gasteiger partial charge in [-0.05, 0) is 31.0 Å². The van der Waals surface area contributed by atoms with Crippen molar-refractivity contribution in [3.63, 3.8) is 0 Å². The minimum Gasteiger partial charge on any atom is -0.506 e. The fraction of sp³-hybridized carbons (Fsp3) is 0.588. The van der Waals surface area contributed by atoms with Crippen molar-refractivity contribution in [2.24, 2.45) is 0 Å². The number of phenols is 1. The predicted octanol–water partition coefficient (Wildman–Crippen LogP) is 3.23. The van der Waals surface area contributed by atoms with Crippen molar-refractivity contribution >= 4 is 27.3 Å². The van der Waals surface area contributed by atoms with Crippen molar-refractivity contribution in [1.29, 1.82) is 0 Å². The van der Waals surface area contributed by atoms with Gasteiger partial charge in [-0.2, -0.15) is 0 Å². The molecule has 1 amide bonds. The maximum Gasteiger partial charge on any atom is 0.235 e. The molecule has 2 rings (SSSR count). The molecule has 0 radical (unpaired) electrons. The largest absolute Gasteiger partial charge is 0.506 e. The van der Waals surface area contributed by atoms with Crippen LogP contribution in [0, 0.1) is 0 Å². The number of unbranched alkanes of at least 4 members (excludes halogenated alkanes) is 4. The smallest absolute Gasteiger partial charge is 0.235 e. The van der Waals surface area contributed by atoms with E-state index in [-0.39, 0.29) is 23.1 Å². The first-order valence-electron chi connectivity index (χ1n) is 8.57. The minimum absolute atomic E-state index is 0.0605. The molecule has 1 fully saturated rings. The molecule has 0 aromatic heterocycles. The molecule has 1 aliphatic heterocycles. The number of phenolic OH excluding ortho intramolecular Hbond substituents is 1.